The molecule has 3 aromatic rings. The molecule has 35 heavy (non-hydrogen) atoms. The SMILES string of the molecule is Cl.Cl.NC(=O)c1cccnc1Oc1ccc(CC(CO)NC(Oc2ccccc2)[C@H](O)CF)cc1. The van der Waals surface area contributed by atoms with Gasteiger partial charge in [-0.3, -0.25) is 10.1 Å². The second-order valence-electron chi connectivity index (χ2n) is 7.29. The summed E-state index contributed by atoms with van der Waals surface area (Å²) < 4.78 is 24.5. The third kappa shape index (κ3) is 8.97. The van der Waals surface area contributed by atoms with E-state index >= 15 is 0 Å². The average molecular weight is 528 g/mol. The van der Waals surface area contributed by atoms with E-state index in [4.69, 9.17) is 15.2 Å². The molecule has 8 nitrogen and oxygen atoms in total. The van der Waals surface area contributed by atoms with Crippen molar-refractivity contribution in [1.82, 2.24) is 10.3 Å². The molecule has 190 valence electrons. The molecule has 11 heteroatoms. The molecular weight excluding hydrogens is 500 g/mol. The third-order valence-corrected chi connectivity index (χ3v) is 4.79. The number of aliphatic hydroxyl groups excluding tert-OH is 2. The Bertz CT molecular complexity index is 1030. The highest BCUT2D eigenvalue weighted by molar-refractivity contribution is 5.95. The summed E-state index contributed by atoms with van der Waals surface area (Å²) in [5, 5.41) is 22.8. The summed E-state index contributed by atoms with van der Waals surface area (Å²) in [7, 11) is 0. The maximum absolute atomic E-state index is 13.1. The first kappa shape index (κ1) is 30.1. The van der Waals surface area contributed by atoms with Crippen LogP contribution in [0.25, 0.3) is 0 Å². The van der Waals surface area contributed by atoms with Gasteiger partial charge in [-0.05, 0) is 48.4 Å². The number of nitrogens with zero attached hydrogens (tertiary/aromatic N) is 1. The van der Waals surface area contributed by atoms with Crippen LogP contribution in [0, 0.1) is 0 Å². The van der Waals surface area contributed by atoms with Crippen LogP contribution in [0.5, 0.6) is 17.4 Å². The molecule has 0 bridgehead atoms. The molecule has 2 unspecified atom stereocenters. The van der Waals surface area contributed by atoms with E-state index in [9.17, 15) is 19.4 Å². The number of halogens is 3. The van der Waals surface area contributed by atoms with Gasteiger partial charge in [0.2, 0.25) is 5.88 Å². The molecule has 0 aliphatic rings. The molecule has 0 radical (unpaired) electrons. The number of para-hydroxylation sites is 1. The molecule has 5 N–H and O–H groups in total. The zero-order valence-corrected chi connectivity index (χ0v) is 20.3. The molecule has 3 atom stereocenters. The summed E-state index contributed by atoms with van der Waals surface area (Å²) in [6, 6.07) is 18.3. The number of carbonyl (C=O) groups excluding carboxylic acids is 1. The number of pyridine rings is 1. The lowest BCUT2D eigenvalue weighted by molar-refractivity contribution is -0.00874. The average Bonchev–Trinajstić information content (AvgIpc) is 2.84. The standard InChI is InChI=1S/C24H26FN3O5.2ClH/c25-14-21(30)24(33-18-5-2-1-3-6-18)28-17(15-29)13-16-8-10-19(11-9-16)32-23-20(22(26)31)7-4-12-27-23;;/h1-12,17,21,24,28-30H,13-15H2,(H2,26,31);2*1H/t17?,21-,24?;;/m1../s1. The lowest BCUT2D eigenvalue weighted by Gasteiger charge is -2.28. The van der Waals surface area contributed by atoms with Gasteiger partial charge in [0, 0.05) is 12.2 Å². The molecule has 0 aliphatic carbocycles. The Morgan fingerprint density at radius 2 is 1.71 bits per heavy atom. The van der Waals surface area contributed by atoms with Crippen LogP contribution in [-0.2, 0) is 6.42 Å². The maximum Gasteiger partial charge on any atom is 0.254 e. The zero-order valence-electron chi connectivity index (χ0n) is 18.6. The topological polar surface area (TPSA) is 127 Å². The first-order chi connectivity index (χ1) is 16.0. The van der Waals surface area contributed by atoms with E-state index in [1.807, 2.05) is 6.07 Å². The number of rotatable bonds is 12. The first-order valence-corrected chi connectivity index (χ1v) is 10.3. The molecule has 2 aromatic carbocycles. The maximum atomic E-state index is 13.1. The smallest absolute Gasteiger partial charge is 0.254 e. The van der Waals surface area contributed by atoms with E-state index in [0.717, 1.165) is 5.56 Å². The number of nitrogens with two attached hydrogens (primary N) is 1. The lowest BCUT2D eigenvalue weighted by Crippen LogP contribution is -2.51. The molecule has 0 spiro atoms. The van der Waals surface area contributed by atoms with E-state index < -0.39 is 31.0 Å². The number of alkyl halides is 1. The van der Waals surface area contributed by atoms with Crippen LogP contribution in [0.2, 0.25) is 0 Å². The van der Waals surface area contributed by atoms with Crippen molar-refractivity contribution < 1.29 is 28.9 Å². The summed E-state index contributed by atoms with van der Waals surface area (Å²) in [5.41, 5.74) is 6.36. The molecule has 1 amide bonds. The molecule has 3 rings (SSSR count). The highest BCUT2D eigenvalue weighted by Gasteiger charge is 2.24. The minimum absolute atomic E-state index is 0. The van der Waals surface area contributed by atoms with Crippen molar-refractivity contribution >= 4 is 30.7 Å². The number of benzene rings is 2. The van der Waals surface area contributed by atoms with Crippen molar-refractivity contribution in [3.63, 3.8) is 0 Å². The molecular formula is C24H28Cl2FN3O5. The summed E-state index contributed by atoms with van der Waals surface area (Å²) in [6.45, 7) is -1.27. The minimum Gasteiger partial charge on any atom is -0.472 e. The molecule has 0 aliphatic heterocycles. The first-order valence-electron chi connectivity index (χ1n) is 10.3. The zero-order chi connectivity index (χ0) is 23.6. The summed E-state index contributed by atoms with van der Waals surface area (Å²) in [4.78, 5) is 15.6. The molecule has 0 fully saturated rings. The number of hydrogen-bond acceptors (Lipinski definition) is 7. The molecule has 1 heterocycles. The van der Waals surface area contributed by atoms with Crippen molar-refractivity contribution in [2.75, 3.05) is 13.3 Å². The van der Waals surface area contributed by atoms with E-state index in [1.165, 1.54) is 12.3 Å². The Hall–Kier alpha value is -2.95. The predicted octanol–water partition coefficient (Wildman–Crippen LogP) is 3.04. The second-order valence-corrected chi connectivity index (χ2v) is 7.29. The number of ether oxygens (including phenoxy) is 2. The highest BCUT2D eigenvalue weighted by atomic mass is 35.5. The Balaban J connectivity index is 0.00000306. The van der Waals surface area contributed by atoms with Gasteiger partial charge in [-0.2, -0.15) is 0 Å². The second kappa shape index (κ2) is 15.1. The number of primary amides is 1. The van der Waals surface area contributed by atoms with Gasteiger partial charge in [0.1, 0.15) is 29.8 Å². The van der Waals surface area contributed by atoms with Crippen molar-refractivity contribution in [1.29, 1.82) is 0 Å². The fourth-order valence-electron chi connectivity index (χ4n) is 3.11. The summed E-state index contributed by atoms with van der Waals surface area (Å²) >= 11 is 0. The summed E-state index contributed by atoms with van der Waals surface area (Å²) in [5.74, 6) is 0.375. The van der Waals surface area contributed by atoms with Gasteiger partial charge >= 0.3 is 0 Å². The van der Waals surface area contributed by atoms with Gasteiger partial charge in [-0.15, -0.1) is 24.8 Å². The fraction of sp³-hybridized carbons (Fsp3) is 0.250. The Morgan fingerprint density at radius 1 is 1.03 bits per heavy atom. The predicted molar refractivity (Wildman–Crippen MR) is 134 cm³/mol. The van der Waals surface area contributed by atoms with Crippen LogP contribution in [0.4, 0.5) is 4.39 Å². The number of nitrogens with one attached hydrogen (secondary N) is 1. The van der Waals surface area contributed by atoms with Gasteiger partial charge in [-0.25, -0.2) is 9.37 Å². The number of hydrogen-bond donors (Lipinski definition) is 4. The van der Waals surface area contributed by atoms with Crippen LogP contribution >= 0.6 is 24.8 Å². The van der Waals surface area contributed by atoms with Crippen LogP contribution in [0.3, 0.4) is 0 Å². The van der Waals surface area contributed by atoms with E-state index in [2.05, 4.69) is 10.3 Å². The highest BCUT2D eigenvalue weighted by Crippen LogP contribution is 2.23. The largest absolute Gasteiger partial charge is 0.472 e. The van der Waals surface area contributed by atoms with Crippen molar-refractivity contribution in [2.24, 2.45) is 5.73 Å². The van der Waals surface area contributed by atoms with Gasteiger partial charge in [0.25, 0.3) is 5.91 Å². The van der Waals surface area contributed by atoms with E-state index in [-0.39, 0.29) is 42.9 Å². The van der Waals surface area contributed by atoms with Crippen molar-refractivity contribution in [3.8, 4) is 17.4 Å². The van der Waals surface area contributed by atoms with E-state index in [0.29, 0.717) is 17.9 Å². The Morgan fingerprint density at radius 3 is 2.31 bits per heavy atom. The minimum atomic E-state index is -1.41. The quantitative estimate of drug-likeness (QED) is 0.266. The van der Waals surface area contributed by atoms with Crippen molar-refractivity contribution in [3.05, 3.63) is 84.1 Å². The summed E-state index contributed by atoms with van der Waals surface area (Å²) in [6.07, 6.45) is -0.588. The lowest BCUT2D eigenvalue weighted by atomic mass is 10.1. The number of aliphatic hydroxyl groups is 2. The fourth-order valence-corrected chi connectivity index (χ4v) is 3.11. The number of carbonyl (C=O) groups is 1. The van der Waals surface area contributed by atoms with Crippen LogP contribution in [-0.4, -0.2) is 52.8 Å². The monoisotopic (exact) mass is 527 g/mol. The van der Waals surface area contributed by atoms with Crippen LogP contribution in [0.1, 0.15) is 15.9 Å². The van der Waals surface area contributed by atoms with Gasteiger partial charge in [0.05, 0.1) is 6.61 Å². The van der Waals surface area contributed by atoms with Gasteiger partial charge in [-0.1, -0.05) is 30.3 Å². The van der Waals surface area contributed by atoms with Crippen LogP contribution in [0.15, 0.2) is 72.9 Å². The van der Waals surface area contributed by atoms with E-state index in [1.54, 1.807) is 54.6 Å². The molecule has 1 aromatic heterocycles. The molecule has 0 saturated heterocycles. The Kier molecular flexibility index (Phi) is 13.0. The Labute approximate surface area is 215 Å². The third-order valence-electron chi connectivity index (χ3n) is 4.79. The van der Waals surface area contributed by atoms with Crippen molar-refractivity contribution in [2.45, 2.75) is 24.8 Å². The number of aromatic nitrogens is 1. The van der Waals surface area contributed by atoms with Gasteiger partial charge in [0.15, 0.2) is 6.23 Å². The molecule has 0 saturated carbocycles. The normalized spacial score (nSPS) is 12.9. The number of amides is 1. The van der Waals surface area contributed by atoms with Crippen LogP contribution < -0.4 is 20.5 Å². The van der Waals surface area contributed by atoms with Gasteiger partial charge < -0.3 is 25.4 Å².